The van der Waals surface area contributed by atoms with Crippen molar-refractivity contribution in [2.45, 2.75) is 25.9 Å². The fraction of sp³-hybridized carbons (Fsp3) is 0.500. The summed E-state index contributed by atoms with van der Waals surface area (Å²) < 4.78 is 0. The largest absolute Gasteiger partial charge is 0.480 e. The Balaban J connectivity index is 2.30. The van der Waals surface area contributed by atoms with Crippen LogP contribution >= 0.6 is 0 Å². The number of hydrogen-bond acceptors (Lipinski definition) is 3. The molecule has 1 heterocycles. The van der Waals surface area contributed by atoms with Gasteiger partial charge in [-0.1, -0.05) is 25.1 Å². The van der Waals surface area contributed by atoms with E-state index in [0.29, 0.717) is 12.6 Å². The molecule has 1 aromatic rings. The van der Waals surface area contributed by atoms with E-state index < -0.39 is 5.97 Å². The fourth-order valence-corrected chi connectivity index (χ4v) is 2.64. The van der Waals surface area contributed by atoms with E-state index in [1.807, 2.05) is 12.1 Å². The number of fused-ring (bicyclic) bond motifs is 1. The molecule has 1 aliphatic heterocycles. The van der Waals surface area contributed by atoms with Gasteiger partial charge in [0.25, 0.3) is 0 Å². The molecule has 0 aliphatic carbocycles. The highest BCUT2D eigenvalue weighted by molar-refractivity contribution is 5.69. The number of nitrogens with zero attached hydrogens (tertiary/aromatic N) is 2. The van der Waals surface area contributed by atoms with Crippen LogP contribution in [0.2, 0.25) is 0 Å². The normalized spacial score (nSPS) is 20.3. The van der Waals surface area contributed by atoms with E-state index in [9.17, 15) is 4.79 Å². The Bertz CT molecular complexity index is 434. The summed E-state index contributed by atoms with van der Waals surface area (Å²) in [4.78, 5) is 15.3. The predicted molar refractivity (Wildman–Crippen MR) is 71.8 cm³/mol. The van der Waals surface area contributed by atoms with Gasteiger partial charge < -0.3 is 10.0 Å². The zero-order chi connectivity index (χ0) is 13.1. The first-order valence-electron chi connectivity index (χ1n) is 6.36. The van der Waals surface area contributed by atoms with E-state index in [4.69, 9.17) is 5.11 Å². The minimum Gasteiger partial charge on any atom is -0.480 e. The van der Waals surface area contributed by atoms with Crippen LogP contribution in [0.25, 0.3) is 0 Å². The molecule has 1 aromatic carbocycles. The lowest BCUT2D eigenvalue weighted by Crippen LogP contribution is -2.42. The number of carboxylic acids is 1. The van der Waals surface area contributed by atoms with Gasteiger partial charge in [0.15, 0.2) is 0 Å². The van der Waals surface area contributed by atoms with E-state index >= 15 is 0 Å². The second-order valence-corrected chi connectivity index (χ2v) is 4.87. The summed E-state index contributed by atoms with van der Waals surface area (Å²) >= 11 is 0. The lowest BCUT2D eigenvalue weighted by Gasteiger charge is -2.29. The van der Waals surface area contributed by atoms with Gasteiger partial charge in [-0.3, -0.25) is 9.69 Å². The first-order valence-corrected chi connectivity index (χ1v) is 6.36. The number of rotatable bonds is 3. The average molecular weight is 248 g/mol. The van der Waals surface area contributed by atoms with Crippen molar-refractivity contribution in [1.82, 2.24) is 4.90 Å². The van der Waals surface area contributed by atoms with Crippen molar-refractivity contribution in [3.05, 3.63) is 29.8 Å². The van der Waals surface area contributed by atoms with Gasteiger partial charge in [-0.15, -0.1) is 0 Å². The molecular formula is C14H20N2O2. The average Bonchev–Trinajstić information content (AvgIpc) is 2.47. The third-order valence-corrected chi connectivity index (χ3v) is 3.59. The van der Waals surface area contributed by atoms with E-state index in [2.05, 4.69) is 35.9 Å². The number of benzene rings is 1. The molecule has 0 aromatic heterocycles. The number of para-hydroxylation sites is 1. The number of anilines is 1. The molecule has 0 radical (unpaired) electrons. The molecular weight excluding hydrogens is 228 g/mol. The zero-order valence-corrected chi connectivity index (χ0v) is 11.0. The molecule has 4 nitrogen and oxygen atoms in total. The Kier molecular flexibility index (Phi) is 3.87. The van der Waals surface area contributed by atoms with Gasteiger partial charge in [0.2, 0.25) is 0 Å². The summed E-state index contributed by atoms with van der Waals surface area (Å²) in [5.74, 6) is -0.754. The SMILES string of the molecule is CC[C@@H]1CN(C)c2ccccc2CN1CC(=O)O. The van der Waals surface area contributed by atoms with Crippen LogP contribution in [0.4, 0.5) is 5.69 Å². The van der Waals surface area contributed by atoms with Gasteiger partial charge in [-0.05, 0) is 18.1 Å². The van der Waals surface area contributed by atoms with Gasteiger partial charge in [0.05, 0.1) is 6.54 Å². The summed E-state index contributed by atoms with van der Waals surface area (Å²) in [6.07, 6.45) is 0.964. The highest BCUT2D eigenvalue weighted by Gasteiger charge is 2.26. The van der Waals surface area contributed by atoms with Crippen LogP contribution in [-0.4, -0.2) is 42.2 Å². The lowest BCUT2D eigenvalue weighted by molar-refractivity contribution is -0.139. The number of carboxylic acid groups (broad SMARTS) is 1. The zero-order valence-electron chi connectivity index (χ0n) is 11.0. The fourth-order valence-electron chi connectivity index (χ4n) is 2.64. The number of aliphatic carboxylic acids is 1. The Morgan fingerprint density at radius 3 is 2.83 bits per heavy atom. The van der Waals surface area contributed by atoms with E-state index in [0.717, 1.165) is 13.0 Å². The van der Waals surface area contributed by atoms with Crippen molar-refractivity contribution >= 4 is 11.7 Å². The van der Waals surface area contributed by atoms with Gasteiger partial charge >= 0.3 is 5.97 Å². The van der Waals surface area contributed by atoms with Crippen molar-refractivity contribution in [3.8, 4) is 0 Å². The van der Waals surface area contributed by atoms with Crippen molar-refractivity contribution < 1.29 is 9.90 Å². The summed E-state index contributed by atoms with van der Waals surface area (Å²) in [7, 11) is 2.08. The molecule has 0 bridgehead atoms. The smallest absolute Gasteiger partial charge is 0.317 e. The van der Waals surface area contributed by atoms with E-state index in [1.54, 1.807) is 0 Å². The lowest BCUT2D eigenvalue weighted by atomic mass is 10.1. The van der Waals surface area contributed by atoms with E-state index in [-0.39, 0.29) is 6.54 Å². The topological polar surface area (TPSA) is 43.8 Å². The number of likely N-dealkylation sites (N-methyl/N-ethyl adjacent to an activating group) is 1. The van der Waals surface area contributed by atoms with Crippen LogP contribution in [0.3, 0.4) is 0 Å². The molecule has 0 fully saturated rings. The summed E-state index contributed by atoms with van der Waals surface area (Å²) in [6.45, 7) is 3.82. The Morgan fingerprint density at radius 2 is 2.17 bits per heavy atom. The highest BCUT2D eigenvalue weighted by Crippen LogP contribution is 2.26. The maximum absolute atomic E-state index is 11.0. The Hall–Kier alpha value is -1.55. The van der Waals surface area contributed by atoms with Crippen molar-refractivity contribution in [1.29, 1.82) is 0 Å². The minimum absolute atomic E-state index is 0.112. The standard InChI is InChI=1S/C14H20N2O2/c1-3-12-9-15(2)13-7-5-4-6-11(13)8-16(12)10-14(17)18/h4-7,12H,3,8-10H2,1-2H3,(H,17,18)/t12-/m1/s1. The molecule has 0 amide bonds. The molecule has 98 valence electrons. The van der Waals surface area contributed by atoms with Crippen LogP contribution in [0, 0.1) is 0 Å². The maximum atomic E-state index is 11.0. The highest BCUT2D eigenvalue weighted by atomic mass is 16.4. The summed E-state index contributed by atoms with van der Waals surface area (Å²) in [5, 5.41) is 9.03. The van der Waals surface area contributed by atoms with Crippen LogP contribution in [-0.2, 0) is 11.3 Å². The van der Waals surface area contributed by atoms with Crippen LogP contribution in [0.5, 0.6) is 0 Å². The maximum Gasteiger partial charge on any atom is 0.317 e. The van der Waals surface area contributed by atoms with Gasteiger partial charge in [0, 0.05) is 31.9 Å². The van der Waals surface area contributed by atoms with Gasteiger partial charge in [0.1, 0.15) is 0 Å². The van der Waals surface area contributed by atoms with Crippen LogP contribution in [0.15, 0.2) is 24.3 Å². The van der Waals surface area contributed by atoms with Crippen molar-refractivity contribution in [3.63, 3.8) is 0 Å². The van der Waals surface area contributed by atoms with Gasteiger partial charge in [-0.2, -0.15) is 0 Å². The molecule has 0 saturated carbocycles. The monoisotopic (exact) mass is 248 g/mol. The third kappa shape index (κ3) is 2.64. The molecule has 0 saturated heterocycles. The molecule has 1 aliphatic rings. The molecule has 18 heavy (non-hydrogen) atoms. The molecule has 4 heteroatoms. The third-order valence-electron chi connectivity index (χ3n) is 3.59. The second kappa shape index (κ2) is 5.40. The first kappa shape index (κ1) is 12.9. The Labute approximate surface area is 108 Å². The predicted octanol–water partition coefficient (Wildman–Crippen LogP) is 1.80. The first-order chi connectivity index (χ1) is 8.61. The van der Waals surface area contributed by atoms with Crippen molar-refractivity contribution in [2.75, 3.05) is 25.0 Å². The summed E-state index contributed by atoms with van der Waals surface area (Å²) in [5.41, 5.74) is 2.42. The number of hydrogen-bond donors (Lipinski definition) is 1. The molecule has 1 N–H and O–H groups in total. The molecule has 2 rings (SSSR count). The summed E-state index contributed by atoms with van der Waals surface area (Å²) in [6, 6.07) is 8.52. The van der Waals surface area contributed by atoms with E-state index in [1.165, 1.54) is 11.3 Å². The molecule has 1 atom stereocenters. The van der Waals surface area contributed by atoms with Gasteiger partial charge in [-0.25, -0.2) is 0 Å². The number of carbonyl (C=O) groups is 1. The molecule has 0 unspecified atom stereocenters. The second-order valence-electron chi connectivity index (χ2n) is 4.87. The van der Waals surface area contributed by atoms with Crippen LogP contribution < -0.4 is 4.90 Å². The van der Waals surface area contributed by atoms with Crippen molar-refractivity contribution in [2.24, 2.45) is 0 Å². The molecule has 0 spiro atoms. The minimum atomic E-state index is -0.754. The van der Waals surface area contributed by atoms with Crippen LogP contribution in [0.1, 0.15) is 18.9 Å². The quantitative estimate of drug-likeness (QED) is 0.886. The Morgan fingerprint density at radius 1 is 1.44 bits per heavy atom.